The number of nitro groups is 1. The molecule has 0 unspecified atom stereocenters. The van der Waals surface area contributed by atoms with E-state index < -0.39 is 10.9 Å². The van der Waals surface area contributed by atoms with E-state index in [9.17, 15) is 19.7 Å². The molecule has 0 amide bonds. The number of hydrogen-bond donors (Lipinski definition) is 0. The van der Waals surface area contributed by atoms with Crippen LogP contribution in [0.3, 0.4) is 0 Å². The fraction of sp³-hybridized carbons (Fsp3) is 0.227. The summed E-state index contributed by atoms with van der Waals surface area (Å²) in [6.45, 7) is 0. The number of hydrogen-bond acceptors (Lipinski definition) is 7. The van der Waals surface area contributed by atoms with Crippen molar-refractivity contribution in [2.45, 2.75) is 25.4 Å². The highest BCUT2D eigenvalue weighted by molar-refractivity contribution is 5.94. The Labute approximate surface area is 171 Å². The molecule has 0 bridgehead atoms. The molecule has 4 rings (SSSR count). The summed E-state index contributed by atoms with van der Waals surface area (Å²) >= 11 is 0. The van der Waals surface area contributed by atoms with E-state index in [1.165, 1.54) is 24.3 Å². The van der Waals surface area contributed by atoms with Crippen LogP contribution in [-0.4, -0.2) is 27.9 Å². The summed E-state index contributed by atoms with van der Waals surface area (Å²) in [7, 11) is 0. The zero-order valence-corrected chi connectivity index (χ0v) is 15.9. The summed E-state index contributed by atoms with van der Waals surface area (Å²) < 4.78 is 10.6. The molecule has 8 nitrogen and oxygen atoms in total. The third-order valence-corrected chi connectivity index (χ3v) is 5.11. The number of nitrogens with zero attached hydrogens (tertiary/aromatic N) is 2. The zero-order chi connectivity index (χ0) is 21.1. The minimum Gasteiger partial charge on any atom is -0.459 e. The smallest absolute Gasteiger partial charge is 0.338 e. The van der Waals surface area contributed by atoms with Crippen molar-refractivity contribution in [2.75, 3.05) is 0 Å². The minimum atomic E-state index is -0.528. The van der Waals surface area contributed by atoms with Crippen molar-refractivity contribution in [3.8, 4) is 11.3 Å². The number of Topliss-reactive ketones (excluding diaryl/α,β-unsaturated/α-hetero) is 1. The first-order valence-corrected chi connectivity index (χ1v) is 9.50. The van der Waals surface area contributed by atoms with E-state index in [0.29, 0.717) is 25.0 Å². The van der Waals surface area contributed by atoms with Crippen molar-refractivity contribution < 1.29 is 23.8 Å². The lowest BCUT2D eigenvalue weighted by atomic mass is 9.78. The summed E-state index contributed by atoms with van der Waals surface area (Å²) in [6.07, 6.45) is 1.21. The molecule has 2 aromatic carbocycles. The van der Waals surface area contributed by atoms with Crippen molar-refractivity contribution in [1.82, 2.24) is 5.16 Å². The van der Waals surface area contributed by atoms with Gasteiger partial charge in [0, 0.05) is 30.2 Å². The van der Waals surface area contributed by atoms with Gasteiger partial charge in [-0.2, -0.15) is 0 Å². The first kappa shape index (κ1) is 19.5. The molecule has 3 aromatic rings. The van der Waals surface area contributed by atoms with Gasteiger partial charge in [-0.15, -0.1) is 0 Å². The number of esters is 1. The van der Waals surface area contributed by atoms with Crippen molar-refractivity contribution in [2.24, 2.45) is 5.92 Å². The number of nitro benzene ring substituents is 1. The second-order valence-corrected chi connectivity index (χ2v) is 7.24. The molecule has 0 aliphatic heterocycles. The van der Waals surface area contributed by atoms with Gasteiger partial charge in [0.15, 0.2) is 0 Å². The first-order chi connectivity index (χ1) is 14.5. The van der Waals surface area contributed by atoms with Crippen LogP contribution >= 0.6 is 0 Å². The predicted molar refractivity (Wildman–Crippen MR) is 106 cm³/mol. The summed E-state index contributed by atoms with van der Waals surface area (Å²) in [5, 5.41) is 14.6. The normalized spacial score (nSPS) is 17.7. The van der Waals surface area contributed by atoms with Crippen LogP contribution in [0, 0.1) is 16.0 Å². The van der Waals surface area contributed by atoms with Crippen LogP contribution in [0.5, 0.6) is 0 Å². The van der Waals surface area contributed by atoms with Crippen LogP contribution in [0.2, 0.25) is 0 Å². The summed E-state index contributed by atoms with van der Waals surface area (Å²) in [5.74, 6) is -0.324. The topological polar surface area (TPSA) is 113 Å². The zero-order valence-electron chi connectivity index (χ0n) is 15.9. The molecular weight excluding hydrogens is 388 g/mol. The fourth-order valence-corrected chi connectivity index (χ4v) is 3.39. The number of benzene rings is 2. The van der Waals surface area contributed by atoms with Crippen LogP contribution in [0.25, 0.3) is 11.3 Å². The van der Waals surface area contributed by atoms with E-state index in [-0.39, 0.29) is 34.8 Å². The van der Waals surface area contributed by atoms with E-state index in [1.54, 1.807) is 6.07 Å². The highest BCUT2D eigenvalue weighted by Crippen LogP contribution is 2.34. The summed E-state index contributed by atoms with van der Waals surface area (Å²) in [6, 6.07) is 16.4. The summed E-state index contributed by atoms with van der Waals surface area (Å²) in [5.41, 5.74) is 1.66. The summed E-state index contributed by atoms with van der Waals surface area (Å²) in [4.78, 5) is 34.7. The SMILES string of the molecule is O=C(OC1CC(CC(=O)c2cc(-c3ccccc3)no2)C1)c1ccc([N+](=O)[O-])cc1. The number of aromatic nitrogens is 1. The maximum atomic E-state index is 12.4. The van der Waals surface area contributed by atoms with Crippen LogP contribution in [-0.2, 0) is 4.74 Å². The molecule has 30 heavy (non-hydrogen) atoms. The molecule has 0 N–H and O–H groups in total. The predicted octanol–water partition coefficient (Wildman–Crippen LogP) is 4.46. The Morgan fingerprint density at radius 2 is 1.80 bits per heavy atom. The van der Waals surface area contributed by atoms with E-state index in [4.69, 9.17) is 9.26 Å². The Kier molecular flexibility index (Phi) is 5.38. The molecule has 0 spiro atoms. The van der Waals surface area contributed by atoms with Crippen LogP contribution in [0.1, 0.15) is 40.2 Å². The van der Waals surface area contributed by atoms with Crippen molar-refractivity contribution in [3.05, 3.63) is 82.1 Å². The molecule has 0 saturated heterocycles. The largest absolute Gasteiger partial charge is 0.459 e. The lowest BCUT2D eigenvalue weighted by Crippen LogP contribution is -2.34. The number of ether oxygens (including phenoxy) is 1. The molecule has 1 aliphatic rings. The number of rotatable bonds is 7. The number of non-ortho nitro benzene ring substituents is 1. The second kappa shape index (κ2) is 8.28. The maximum Gasteiger partial charge on any atom is 0.338 e. The molecule has 1 aliphatic carbocycles. The highest BCUT2D eigenvalue weighted by atomic mass is 16.6. The van der Waals surface area contributed by atoms with Crippen molar-refractivity contribution >= 4 is 17.4 Å². The molecule has 1 saturated carbocycles. The average molecular weight is 406 g/mol. The van der Waals surface area contributed by atoms with Gasteiger partial charge in [-0.1, -0.05) is 35.5 Å². The first-order valence-electron chi connectivity index (χ1n) is 9.50. The van der Waals surface area contributed by atoms with Crippen LogP contribution in [0.4, 0.5) is 5.69 Å². The van der Waals surface area contributed by atoms with Crippen LogP contribution in [0.15, 0.2) is 65.2 Å². The van der Waals surface area contributed by atoms with Gasteiger partial charge in [-0.05, 0) is 30.9 Å². The van der Waals surface area contributed by atoms with E-state index >= 15 is 0 Å². The van der Waals surface area contributed by atoms with Gasteiger partial charge in [-0.25, -0.2) is 4.79 Å². The Bertz CT molecular complexity index is 1070. The monoisotopic (exact) mass is 406 g/mol. The third-order valence-electron chi connectivity index (χ3n) is 5.11. The molecule has 152 valence electrons. The van der Waals surface area contributed by atoms with Gasteiger partial charge in [-0.3, -0.25) is 14.9 Å². The molecule has 1 aromatic heterocycles. The Hall–Kier alpha value is -3.81. The van der Waals surface area contributed by atoms with Gasteiger partial charge in [0.2, 0.25) is 11.5 Å². The lowest BCUT2D eigenvalue weighted by molar-refractivity contribution is -0.384. The molecule has 1 heterocycles. The Morgan fingerprint density at radius 1 is 1.10 bits per heavy atom. The average Bonchev–Trinajstić information content (AvgIpc) is 3.23. The van der Waals surface area contributed by atoms with Gasteiger partial charge in [0.05, 0.1) is 10.5 Å². The lowest BCUT2D eigenvalue weighted by Gasteiger charge is -2.34. The molecule has 8 heteroatoms. The molecule has 0 radical (unpaired) electrons. The molecular formula is C22H18N2O6. The third kappa shape index (κ3) is 4.27. The number of carbonyl (C=O) groups excluding carboxylic acids is 2. The van der Waals surface area contributed by atoms with Crippen molar-refractivity contribution in [3.63, 3.8) is 0 Å². The Morgan fingerprint density at radius 3 is 2.47 bits per heavy atom. The number of ketones is 1. The standard InChI is InChI=1S/C22H18N2O6/c25-20(21-13-19(23-30-21)15-4-2-1-3-5-15)12-14-10-18(11-14)29-22(26)16-6-8-17(9-7-16)24(27)28/h1-9,13-14,18H,10-12H2. The van der Waals surface area contributed by atoms with Gasteiger partial charge in [0.25, 0.3) is 5.69 Å². The van der Waals surface area contributed by atoms with E-state index in [1.807, 2.05) is 30.3 Å². The quantitative estimate of drug-likeness (QED) is 0.246. The fourth-order valence-electron chi connectivity index (χ4n) is 3.39. The minimum absolute atomic E-state index is 0.0865. The van der Waals surface area contributed by atoms with Gasteiger partial charge < -0.3 is 9.26 Å². The number of carbonyl (C=O) groups is 2. The molecule has 0 atom stereocenters. The van der Waals surface area contributed by atoms with E-state index in [0.717, 1.165) is 5.56 Å². The van der Waals surface area contributed by atoms with E-state index in [2.05, 4.69) is 5.16 Å². The highest BCUT2D eigenvalue weighted by Gasteiger charge is 2.34. The van der Waals surface area contributed by atoms with Crippen molar-refractivity contribution in [1.29, 1.82) is 0 Å². The van der Waals surface area contributed by atoms with Gasteiger partial charge in [0.1, 0.15) is 11.8 Å². The van der Waals surface area contributed by atoms with Crippen LogP contribution < -0.4 is 0 Å². The second-order valence-electron chi connectivity index (χ2n) is 7.24. The Balaban J connectivity index is 1.26. The van der Waals surface area contributed by atoms with Gasteiger partial charge >= 0.3 is 5.97 Å². The molecule has 1 fully saturated rings. The maximum absolute atomic E-state index is 12.4.